The van der Waals surface area contributed by atoms with E-state index >= 15 is 0 Å². The van der Waals surface area contributed by atoms with Crippen LogP contribution in [-0.2, 0) is 0 Å². The molecule has 0 radical (unpaired) electrons. The molecule has 11 rings (SSSR count). The van der Waals surface area contributed by atoms with Crippen molar-refractivity contribution < 1.29 is 4.42 Å². The Labute approximate surface area is 293 Å². The monoisotopic (exact) mass is 650 g/mol. The van der Waals surface area contributed by atoms with Crippen LogP contribution in [0.3, 0.4) is 0 Å². The number of hydrogen-bond donors (Lipinski definition) is 0. The molecule has 11 aromatic rings. The zero-order valence-corrected chi connectivity index (χ0v) is 27.6. The van der Waals surface area contributed by atoms with Crippen molar-refractivity contribution in [2.75, 3.05) is 0 Å². The second-order valence-corrected chi connectivity index (χ2v) is 13.3. The molecule has 3 heterocycles. The van der Waals surface area contributed by atoms with Crippen LogP contribution in [0.15, 0.2) is 186 Å². The van der Waals surface area contributed by atoms with Crippen LogP contribution in [-0.4, -0.2) is 9.13 Å². The van der Waals surface area contributed by atoms with Crippen molar-refractivity contribution in [3.63, 3.8) is 0 Å². The Hall–Kier alpha value is -6.84. The molecule has 0 aliphatic rings. The summed E-state index contributed by atoms with van der Waals surface area (Å²) < 4.78 is 11.5. The lowest BCUT2D eigenvalue weighted by atomic mass is 9.93. The molecule has 0 saturated heterocycles. The van der Waals surface area contributed by atoms with E-state index < -0.39 is 0 Å². The normalized spacial score (nSPS) is 11.9. The molecule has 3 aromatic heterocycles. The van der Waals surface area contributed by atoms with Gasteiger partial charge in [0.2, 0.25) is 0 Å². The summed E-state index contributed by atoms with van der Waals surface area (Å²) in [7, 11) is 0. The molecule has 0 spiro atoms. The molecule has 51 heavy (non-hydrogen) atoms. The number of hydrogen-bond acceptors (Lipinski definition) is 1. The number of furan rings is 1. The molecule has 0 saturated carbocycles. The molecule has 238 valence electrons. The molecule has 0 aliphatic heterocycles. The summed E-state index contributed by atoms with van der Waals surface area (Å²) in [4.78, 5) is 0. The van der Waals surface area contributed by atoms with E-state index in [-0.39, 0.29) is 0 Å². The van der Waals surface area contributed by atoms with Crippen LogP contribution in [0.25, 0.3) is 99.2 Å². The number of rotatable bonds is 4. The van der Waals surface area contributed by atoms with Gasteiger partial charge in [-0.2, -0.15) is 0 Å². The third-order valence-corrected chi connectivity index (χ3v) is 10.5. The van der Waals surface area contributed by atoms with Gasteiger partial charge in [-0.1, -0.05) is 121 Å². The number of para-hydroxylation sites is 6. The Kier molecular flexibility index (Phi) is 5.96. The van der Waals surface area contributed by atoms with E-state index in [1.165, 1.54) is 49.2 Å². The van der Waals surface area contributed by atoms with Gasteiger partial charge in [-0.15, -0.1) is 0 Å². The van der Waals surface area contributed by atoms with E-state index in [0.717, 1.165) is 50.0 Å². The summed E-state index contributed by atoms with van der Waals surface area (Å²) in [6, 6.07) is 65.4. The highest BCUT2D eigenvalue weighted by atomic mass is 16.3. The number of aromatic nitrogens is 2. The Morgan fingerprint density at radius 2 is 0.922 bits per heavy atom. The summed E-state index contributed by atoms with van der Waals surface area (Å²) in [5, 5.41) is 7.20. The van der Waals surface area contributed by atoms with Crippen molar-refractivity contribution in [2.24, 2.45) is 0 Å². The first kappa shape index (κ1) is 28.0. The van der Waals surface area contributed by atoms with Gasteiger partial charge >= 0.3 is 0 Å². The van der Waals surface area contributed by atoms with Gasteiger partial charge in [0, 0.05) is 49.3 Å². The lowest BCUT2D eigenvalue weighted by Crippen LogP contribution is -1.95. The van der Waals surface area contributed by atoms with E-state index in [9.17, 15) is 0 Å². The van der Waals surface area contributed by atoms with E-state index in [1.807, 2.05) is 0 Å². The van der Waals surface area contributed by atoms with Crippen LogP contribution in [0, 0.1) is 0 Å². The minimum Gasteiger partial charge on any atom is -0.456 e. The third kappa shape index (κ3) is 4.12. The molecule has 0 N–H and O–H groups in total. The molecule has 0 amide bonds. The first-order valence-electron chi connectivity index (χ1n) is 17.4. The van der Waals surface area contributed by atoms with Gasteiger partial charge < -0.3 is 13.6 Å². The maximum Gasteiger partial charge on any atom is 0.136 e. The smallest absolute Gasteiger partial charge is 0.136 e. The SMILES string of the molecule is c1ccc(-n2c3ccccc3c3ccc(-c4cc(-c5cccc6c7ccccc7n(-c7ccccc7)c56)c5c(c4)oc4ccccc45)cc32)cc1. The van der Waals surface area contributed by atoms with Crippen LogP contribution in [0.5, 0.6) is 0 Å². The van der Waals surface area contributed by atoms with E-state index in [1.54, 1.807) is 0 Å². The van der Waals surface area contributed by atoms with E-state index in [0.29, 0.717) is 0 Å². The highest BCUT2D eigenvalue weighted by Gasteiger charge is 2.21. The van der Waals surface area contributed by atoms with E-state index in [4.69, 9.17) is 4.42 Å². The molecule has 0 fully saturated rings. The van der Waals surface area contributed by atoms with Gasteiger partial charge in [0.25, 0.3) is 0 Å². The maximum atomic E-state index is 6.68. The van der Waals surface area contributed by atoms with Crippen molar-refractivity contribution in [1.29, 1.82) is 0 Å². The van der Waals surface area contributed by atoms with Gasteiger partial charge in [0.05, 0.1) is 22.1 Å². The highest BCUT2D eigenvalue weighted by molar-refractivity contribution is 6.20. The number of nitrogens with zero attached hydrogens (tertiary/aromatic N) is 2. The predicted octanol–water partition coefficient (Wildman–Crippen LogP) is 13.1. The fourth-order valence-electron chi connectivity index (χ4n) is 8.32. The average Bonchev–Trinajstić information content (AvgIpc) is 3.86. The van der Waals surface area contributed by atoms with Gasteiger partial charge in [0.15, 0.2) is 0 Å². The van der Waals surface area contributed by atoms with Gasteiger partial charge in [-0.25, -0.2) is 0 Å². The molecule has 8 aromatic carbocycles. The molecule has 0 bridgehead atoms. The summed E-state index contributed by atoms with van der Waals surface area (Å²) in [5.41, 5.74) is 13.4. The van der Waals surface area contributed by atoms with Crippen LogP contribution < -0.4 is 0 Å². The molecule has 3 nitrogen and oxygen atoms in total. The Bertz CT molecular complexity index is 3130. The van der Waals surface area contributed by atoms with Gasteiger partial charge in [0.1, 0.15) is 11.2 Å². The first-order chi connectivity index (χ1) is 25.3. The van der Waals surface area contributed by atoms with Crippen molar-refractivity contribution >= 4 is 65.6 Å². The minimum absolute atomic E-state index is 0.881. The predicted molar refractivity (Wildman–Crippen MR) is 213 cm³/mol. The Morgan fingerprint density at radius 3 is 1.69 bits per heavy atom. The lowest BCUT2D eigenvalue weighted by molar-refractivity contribution is 0.669. The summed E-state index contributed by atoms with van der Waals surface area (Å²) in [5.74, 6) is 0. The summed E-state index contributed by atoms with van der Waals surface area (Å²) >= 11 is 0. The molecule has 0 aliphatic carbocycles. The van der Waals surface area contributed by atoms with Gasteiger partial charge in [-0.05, 0) is 77.4 Å². The van der Waals surface area contributed by atoms with Crippen LogP contribution in [0.2, 0.25) is 0 Å². The Morgan fingerprint density at radius 1 is 0.333 bits per heavy atom. The van der Waals surface area contributed by atoms with Crippen molar-refractivity contribution in [3.05, 3.63) is 182 Å². The molecule has 0 atom stereocenters. The number of fused-ring (bicyclic) bond motifs is 9. The summed E-state index contributed by atoms with van der Waals surface area (Å²) in [6.07, 6.45) is 0. The minimum atomic E-state index is 0.881. The van der Waals surface area contributed by atoms with Gasteiger partial charge in [-0.3, -0.25) is 0 Å². The second-order valence-electron chi connectivity index (χ2n) is 13.3. The quantitative estimate of drug-likeness (QED) is 0.186. The highest BCUT2D eigenvalue weighted by Crippen LogP contribution is 2.45. The number of benzene rings is 8. The molecule has 0 unspecified atom stereocenters. The molecular formula is C48H30N2O. The molecular weight excluding hydrogens is 621 g/mol. The average molecular weight is 651 g/mol. The van der Waals surface area contributed by atoms with E-state index in [2.05, 4.69) is 191 Å². The largest absolute Gasteiger partial charge is 0.456 e. The van der Waals surface area contributed by atoms with Crippen molar-refractivity contribution in [2.45, 2.75) is 0 Å². The van der Waals surface area contributed by atoms with Crippen molar-refractivity contribution in [1.82, 2.24) is 9.13 Å². The van der Waals surface area contributed by atoms with Crippen LogP contribution in [0.4, 0.5) is 0 Å². The maximum absolute atomic E-state index is 6.68. The fourth-order valence-corrected chi connectivity index (χ4v) is 8.32. The fraction of sp³-hybridized carbons (Fsp3) is 0. The molecule has 3 heteroatoms. The first-order valence-corrected chi connectivity index (χ1v) is 17.4. The summed E-state index contributed by atoms with van der Waals surface area (Å²) in [6.45, 7) is 0. The third-order valence-electron chi connectivity index (χ3n) is 10.5. The zero-order chi connectivity index (χ0) is 33.5. The van der Waals surface area contributed by atoms with Crippen LogP contribution >= 0.6 is 0 Å². The lowest BCUT2D eigenvalue weighted by Gasteiger charge is -2.14. The van der Waals surface area contributed by atoms with Crippen molar-refractivity contribution in [3.8, 4) is 33.6 Å². The second kappa shape index (κ2) is 10.8. The zero-order valence-electron chi connectivity index (χ0n) is 27.6. The standard InChI is InChI=1S/C48H30N2O/c1-3-14-33(15-4-1)49-42-23-10-7-18-35(42)37-27-26-31(29-44(37)49)32-28-41(47-40-20-9-12-25-45(40)51-46(47)30-32)39-22-13-21-38-36-19-8-11-24-43(36)50(48(38)39)34-16-5-2-6-17-34/h1-30H. The van der Waals surface area contributed by atoms with Crippen LogP contribution in [0.1, 0.15) is 0 Å². The Balaban J connectivity index is 1.24. The topological polar surface area (TPSA) is 23.0 Å².